The smallest absolute Gasteiger partial charge is 0.238 e. The van der Waals surface area contributed by atoms with E-state index in [2.05, 4.69) is 19.2 Å². The molecule has 94 valence electrons. The first kappa shape index (κ1) is 13.7. The van der Waals surface area contributed by atoms with Gasteiger partial charge in [-0.15, -0.1) is 0 Å². The normalized spacial score (nSPS) is 11.0. The van der Waals surface area contributed by atoms with Crippen molar-refractivity contribution in [3.05, 3.63) is 29.3 Å². The van der Waals surface area contributed by atoms with E-state index in [1.54, 1.807) is 0 Å². The lowest BCUT2D eigenvalue weighted by atomic mass is 10.1. The number of hydrogen-bond acceptors (Lipinski definition) is 2. The Morgan fingerprint density at radius 1 is 1.35 bits per heavy atom. The van der Waals surface area contributed by atoms with Gasteiger partial charge in [0.15, 0.2) is 0 Å². The van der Waals surface area contributed by atoms with Crippen LogP contribution in [0.2, 0.25) is 0 Å². The number of anilines is 1. The van der Waals surface area contributed by atoms with Crippen molar-refractivity contribution in [2.45, 2.75) is 33.7 Å². The van der Waals surface area contributed by atoms with E-state index in [4.69, 9.17) is 0 Å². The quantitative estimate of drug-likeness (QED) is 0.868. The molecule has 1 aromatic rings. The monoisotopic (exact) mass is 234 g/mol. The summed E-state index contributed by atoms with van der Waals surface area (Å²) < 4.78 is 0. The average molecular weight is 234 g/mol. The Labute approximate surface area is 104 Å². The van der Waals surface area contributed by atoms with Crippen LogP contribution in [0, 0.1) is 13.8 Å². The summed E-state index contributed by atoms with van der Waals surface area (Å²) in [5.41, 5.74) is 3.16. The molecule has 0 aliphatic carbocycles. The Hall–Kier alpha value is -1.35. The summed E-state index contributed by atoms with van der Waals surface area (Å²) in [7, 11) is 1.95. The van der Waals surface area contributed by atoms with E-state index in [1.165, 1.54) is 0 Å². The van der Waals surface area contributed by atoms with Crippen molar-refractivity contribution in [1.82, 2.24) is 4.90 Å². The van der Waals surface area contributed by atoms with E-state index in [0.717, 1.165) is 16.8 Å². The van der Waals surface area contributed by atoms with Crippen LogP contribution in [0.1, 0.15) is 25.0 Å². The first-order valence-corrected chi connectivity index (χ1v) is 5.97. The van der Waals surface area contributed by atoms with Gasteiger partial charge in [-0.25, -0.2) is 0 Å². The van der Waals surface area contributed by atoms with Gasteiger partial charge in [0.2, 0.25) is 5.91 Å². The molecule has 0 atom stereocenters. The Morgan fingerprint density at radius 3 is 2.59 bits per heavy atom. The molecule has 17 heavy (non-hydrogen) atoms. The van der Waals surface area contributed by atoms with Gasteiger partial charge < -0.3 is 5.32 Å². The molecule has 3 heteroatoms. The summed E-state index contributed by atoms with van der Waals surface area (Å²) in [6.45, 7) is 8.60. The van der Waals surface area contributed by atoms with E-state index >= 15 is 0 Å². The van der Waals surface area contributed by atoms with E-state index in [-0.39, 0.29) is 5.91 Å². The third-order valence-electron chi connectivity index (χ3n) is 2.94. The summed E-state index contributed by atoms with van der Waals surface area (Å²) >= 11 is 0. The molecule has 3 nitrogen and oxygen atoms in total. The molecular formula is C14H22N2O. The second-order valence-electron chi connectivity index (χ2n) is 4.88. The SMILES string of the molecule is Cc1ccc(C)c(NC(=O)CN(C)C(C)C)c1. The van der Waals surface area contributed by atoms with Gasteiger partial charge in [-0.1, -0.05) is 12.1 Å². The molecule has 0 spiro atoms. The van der Waals surface area contributed by atoms with Crippen LogP contribution in [-0.4, -0.2) is 30.4 Å². The number of hydrogen-bond donors (Lipinski definition) is 1. The maximum Gasteiger partial charge on any atom is 0.238 e. The number of rotatable bonds is 4. The van der Waals surface area contributed by atoms with Gasteiger partial charge in [0.05, 0.1) is 6.54 Å². The lowest BCUT2D eigenvalue weighted by molar-refractivity contribution is -0.117. The first-order valence-electron chi connectivity index (χ1n) is 5.97. The van der Waals surface area contributed by atoms with Crippen molar-refractivity contribution in [2.75, 3.05) is 18.9 Å². The first-order chi connectivity index (χ1) is 7.90. The summed E-state index contributed by atoms with van der Waals surface area (Å²) in [5.74, 6) is 0.0369. The number of nitrogens with zero attached hydrogens (tertiary/aromatic N) is 1. The van der Waals surface area contributed by atoms with Crippen LogP contribution in [0.4, 0.5) is 5.69 Å². The second-order valence-corrected chi connectivity index (χ2v) is 4.88. The van der Waals surface area contributed by atoms with Gasteiger partial charge in [-0.2, -0.15) is 0 Å². The van der Waals surface area contributed by atoms with Crippen LogP contribution in [0.5, 0.6) is 0 Å². The number of likely N-dealkylation sites (N-methyl/N-ethyl adjacent to an activating group) is 1. The van der Waals surface area contributed by atoms with E-state index in [9.17, 15) is 4.79 Å². The highest BCUT2D eigenvalue weighted by Gasteiger charge is 2.10. The number of benzene rings is 1. The molecule has 1 rings (SSSR count). The predicted octanol–water partition coefficient (Wildman–Crippen LogP) is 2.58. The molecule has 0 bridgehead atoms. The molecule has 1 amide bonds. The zero-order valence-electron chi connectivity index (χ0n) is 11.4. The third-order valence-corrected chi connectivity index (χ3v) is 2.94. The topological polar surface area (TPSA) is 32.3 Å². The zero-order chi connectivity index (χ0) is 13.0. The van der Waals surface area contributed by atoms with Crippen molar-refractivity contribution < 1.29 is 4.79 Å². The van der Waals surface area contributed by atoms with Crippen molar-refractivity contribution >= 4 is 11.6 Å². The Balaban J connectivity index is 2.65. The predicted molar refractivity (Wildman–Crippen MR) is 72.3 cm³/mol. The molecule has 0 aromatic heterocycles. The number of carbonyl (C=O) groups excluding carboxylic acids is 1. The fraction of sp³-hybridized carbons (Fsp3) is 0.500. The largest absolute Gasteiger partial charge is 0.325 e. The van der Waals surface area contributed by atoms with Gasteiger partial charge >= 0.3 is 0 Å². The zero-order valence-corrected chi connectivity index (χ0v) is 11.4. The van der Waals surface area contributed by atoms with Gasteiger partial charge in [-0.05, 0) is 51.9 Å². The molecule has 1 aromatic carbocycles. The van der Waals surface area contributed by atoms with Crippen LogP contribution in [0.3, 0.4) is 0 Å². The summed E-state index contributed by atoms with van der Waals surface area (Å²) in [4.78, 5) is 13.9. The second kappa shape index (κ2) is 5.82. The van der Waals surface area contributed by atoms with Gasteiger partial charge in [-0.3, -0.25) is 9.69 Å². The van der Waals surface area contributed by atoms with Crippen molar-refractivity contribution in [3.8, 4) is 0 Å². The Bertz CT molecular complexity index is 399. The standard InChI is InChI=1S/C14H22N2O/c1-10(2)16(5)9-14(17)15-13-8-11(3)6-7-12(13)4/h6-8,10H,9H2,1-5H3,(H,15,17). The molecule has 0 saturated carbocycles. The molecule has 0 radical (unpaired) electrons. The highest BCUT2D eigenvalue weighted by molar-refractivity contribution is 5.93. The highest BCUT2D eigenvalue weighted by Crippen LogP contribution is 2.16. The minimum Gasteiger partial charge on any atom is -0.325 e. The van der Waals surface area contributed by atoms with E-state index in [1.807, 2.05) is 44.0 Å². The molecule has 0 aliphatic heterocycles. The Kier molecular flexibility index (Phi) is 4.70. The highest BCUT2D eigenvalue weighted by atomic mass is 16.2. The van der Waals surface area contributed by atoms with Crippen LogP contribution >= 0.6 is 0 Å². The van der Waals surface area contributed by atoms with Crippen LogP contribution in [0.15, 0.2) is 18.2 Å². The maximum absolute atomic E-state index is 11.8. The molecular weight excluding hydrogens is 212 g/mol. The van der Waals surface area contributed by atoms with Gasteiger partial charge in [0, 0.05) is 11.7 Å². The molecule has 0 unspecified atom stereocenters. The van der Waals surface area contributed by atoms with Gasteiger partial charge in [0.1, 0.15) is 0 Å². The van der Waals surface area contributed by atoms with Gasteiger partial charge in [0.25, 0.3) is 0 Å². The molecule has 0 aliphatic rings. The van der Waals surface area contributed by atoms with E-state index in [0.29, 0.717) is 12.6 Å². The minimum absolute atomic E-state index is 0.0369. The van der Waals surface area contributed by atoms with Crippen molar-refractivity contribution in [2.24, 2.45) is 0 Å². The number of nitrogens with one attached hydrogen (secondary N) is 1. The maximum atomic E-state index is 11.8. The lowest BCUT2D eigenvalue weighted by Gasteiger charge is -2.20. The van der Waals surface area contributed by atoms with Crippen molar-refractivity contribution in [3.63, 3.8) is 0 Å². The van der Waals surface area contributed by atoms with Crippen LogP contribution < -0.4 is 5.32 Å². The molecule has 0 saturated heterocycles. The minimum atomic E-state index is 0.0369. The molecule has 1 N–H and O–H groups in total. The third kappa shape index (κ3) is 4.19. The molecule has 0 fully saturated rings. The summed E-state index contributed by atoms with van der Waals surface area (Å²) in [6.07, 6.45) is 0. The number of aryl methyl sites for hydroxylation is 2. The molecule has 0 heterocycles. The Morgan fingerprint density at radius 2 is 2.00 bits per heavy atom. The fourth-order valence-corrected chi connectivity index (χ4v) is 1.47. The fourth-order valence-electron chi connectivity index (χ4n) is 1.47. The average Bonchev–Trinajstić information content (AvgIpc) is 2.23. The van der Waals surface area contributed by atoms with Crippen molar-refractivity contribution in [1.29, 1.82) is 0 Å². The lowest BCUT2D eigenvalue weighted by Crippen LogP contribution is -2.34. The summed E-state index contributed by atoms with van der Waals surface area (Å²) in [6, 6.07) is 6.45. The van der Waals surface area contributed by atoms with Crippen LogP contribution in [0.25, 0.3) is 0 Å². The number of carbonyl (C=O) groups is 1. The number of amides is 1. The van der Waals surface area contributed by atoms with Crippen LogP contribution in [-0.2, 0) is 4.79 Å². The summed E-state index contributed by atoms with van der Waals surface area (Å²) in [5, 5.41) is 2.96. The van der Waals surface area contributed by atoms with E-state index < -0.39 is 0 Å².